The Balaban J connectivity index is 2.45. The molecule has 0 saturated carbocycles. The fourth-order valence-electron chi connectivity index (χ4n) is 1.44. The standard InChI is InChI=1S/C16H22N2O2/c1-12(10-14(19)16(2,3)4)17-18-15(20)11-13-8-6-5-7-9-13/h5-10,17H,11H2,1-4H3,(H,18,20)/b12-10+. The second-order valence-corrected chi connectivity index (χ2v) is 5.78. The number of hydrogen-bond donors (Lipinski definition) is 2. The van der Waals surface area contributed by atoms with Gasteiger partial charge in [-0.1, -0.05) is 51.1 Å². The Bertz CT molecular complexity index is 499. The van der Waals surface area contributed by atoms with Crippen molar-refractivity contribution in [2.45, 2.75) is 34.1 Å². The Morgan fingerprint density at radius 1 is 1.10 bits per heavy atom. The van der Waals surface area contributed by atoms with E-state index in [0.717, 1.165) is 5.56 Å². The molecule has 2 N–H and O–H groups in total. The molecule has 0 aliphatic heterocycles. The molecule has 1 aromatic carbocycles. The maximum Gasteiger partial charge on any atom is 0.242 e. The van der Waals surface area contributed by atoms with E-state index in [4.69, 9.17) is 0 Å². The Labute approximate surface area is 120 Å². The predicted octanol–water partition coefficient (Wildman–Crippen LogP) is 2.37. The lowest BCUT2D eigenvalue weighted by Gasteiger charge is -2.15. The molecule has 0 aromatic heterocycles. The van der Waals surface area contributed by atoms with Crippen molar-refractivity contribution in [1.82, 2.24) is 10.9 Å². The number of ketones is 1. The molecular weight excluding hydrogens is 252 g/mol. The first-order chi connectivity index (χ1) is 9.29. The third-order valence-corrected chi connectivity index (χ3v) is 2.69. The minimum absolute atomic E-state index is 0.0137. The van der Waals surface area contributed by atoms with Gasteiger partial charge in [-0.05, 0) is 12.5 Å². The van der Waals surface area contributed by atoms with Crippen molar-refractivity contribution in [1.29, 1.82) is 0 Å². The number of benzene rings is 1. The highest BCUT2D eigenvalue weighted by Gasteiger charge is 2.18. The maximum absolute atomic E-state index is 11.8. The highest BCUT2D eigenvalue weighted by molar-refractivity contribution is 5.94. The van der Waals surface area contributed by atoms with Crippen molar-refractivity contribution >= 4 is 11.7 Å². The normalized spacial score (nSPS) is 11.9. The van der Waals surface area contributed by atoms with Gasteiger partial charge in [0, 0.05) is 17.2 Å². The highest BCUT2D eigenvalue weighted by atomic mass is 16.2. The van der Waals surface area contributed by atoms with Gasteiger partial charge in [-0.15, -0.1) is 0 Å². The van der Waals surface area contributed by atoms with Crippen LogP contribution in [0, 0.1) is 5.41 Å². The molecule has 4 nitrogen and oxygen atoms in total. The van der Waals surface area contributed by atoms with E-state index in [9.17, 15) is 9.59 Å². The van der Waals surface area contributed by atoms with Crippen LogP contribution in [0.15, 0.2) is 42.1 Å². The van der Waals surface area contributed by atoms with E-state index in [1.165, 1.54) is 6.08 Å². The van der Waals surface area contributed by atoms with Gasteiger partial charge in [0.2, 0.25) is 5.91 Å². The van der Waals surface area contributed by atoms with Gasteiger partial charge in [0.25, 0.3) is 0 Å². The third-order valence-electron chi connectivity index (χ3n) is 2.69. The van der Waals surface area contributed by atoms with Crippen LogP contribution in [0.2, 0.25) is 0 Å². The molecular formula is C16H22N2O2. The van der Waals surface area contributed by atoms with E-state index in [2.05, 4.69) is 10.9 Å². The number of carbonyl (C=O) groups excluding carboxylic acids is 2. The summed E-state index contributed by atoms with van der Waals surface area (Å²) >= 11 is 0. The van der Waals surface area contributed by atoms with Crippen LogP contribution in [0.1, 0.15) is 33.3 Å². The van der Waals surface area contributed by atoms with Gasteiger partial charge in [0.05, 0.1) is 6.42 Å². The van der Waals surface area contributed by atoms with Crippen LogP contribution in [0.25, 0.3) is 0 Å². The molecule has 0 heterocycles. The molecule has 1 rings (SSSR count). The van der Waals surface area contributed by atoms with Gasteiger partial charge >= 0.3 is 0 Å². The molecule has 0 radical (unpaired) electrons. The van der Waals surface area contributed by atoms with Crippen LogP contribution in [0.5, 0.6) is 0 Å². The van der Waals surface area contributed by atoms with Gasteiger partial charge in [-0.2, -0.15) is 0 Å². The lowest BCUT2D eigenvalue weighted by Crippen LogP contribution is -2.37. The SMILES string of the molecule is C/C(=C\C(=O)C(C)(C)C)NNC(=O)Cc1ccccc1. The number of amides is 1. The molecule has 0 aliphatic carbocycles. The molecule has 1 aromatic rings. The Hall–Kier alpha value is -2.10. The molecule has 108 valence electrons. The summed E-state index contributed by atoms with van der Waals surface area (Å²) in [7, 11) is 0. The van der Waals surface area contributed by atoms with Crippen molar-refractivity contribution in [3.8, 4) is 0 Å². The summed E-state index contributed by atoms with van der Waals surface area (Å²) in [5.74, 6) is -0.132. The fourth-order valence-corrected chi connectivity index (χ4v) is 1.44. The van der Waals surface area contributed by atoms with E-state index in [0.29, 0.717) is 12.1 Å². The third kappa shape index (κ3) is 5.69. The summed E-state index contributed by atoms with van der Waals surface area (Å²) in [5, 5.41) is 0. The summed E-state index contributed by atoms with van der Waals surface area (Å²) in [6.07, 6.45) is 1.80. The Kier molecular flexibility index (Phi) is 5.50. The number of carbonyl (C=O) groups is 2. The molecule has 0 bridgehead atoms. The Morgan fingerprint density at radius 3 is 2.25 bits per heavy atom. The van der Waals surface area contributed by atoms with Gasteiger partial charge in [0.1, 0.15) is 0 Å². The van der Waals surface area contributed by atoms with Gasteiger partial charge < -0.3 is 5.43 Å². The monoisotopic (exact) mass is 274 g/mol. The average molecular weight is 274 g/mol. The quantitative estimate of drug-likeness (QED) is 0.640. The summed E-state index contributed by atoms with van der Waals surface area (Å²) < 4.78 is 0. The molecule has 4 heteroatoms. The van der Waals surface area contributed by atoms with Crippen molar-refractivity contribution < 1.29 is 9.59 Å². The zero-order chi connectivity index (χ0) is 15.2. The van der Waals surface area contributed by atoms with Gasteiger partial charge in [0.15, 0.2) is 5.78 Å². The second kappa shape index (κ2) is 6.89. The minimum atomic E-state index is -0.420. The lowest BCUT2D eigenvalue weighted by atomic mass is 9.90. The van der Waals surface area contributed by atoms with E-state index in [1.807, 2.05) is 51.1 Å². The topological polar surface area (TPSA) is 58.2 Å². The minimum Gasteiger partial charge on any atom is -0.303 e. The van der Waals surface area contributed by atoms with Gasteiger partial charge in [-0.3, -0.25) is 15.0 Å². The molecule has 0 saturated heterocycles. The van der Waals surface area contributed by atoms with Crippen LogP contribution < -0.4 is 10.9 Å². The largest absolute Gasteiger partial charge is 0.303 e. The average Bonchev–Trinajstić information content (AvgIpc) is 2.36. The highest BCUT2D eigenvalue weighted by Crippen LogP contribution is 2.15. The molecule has 0 spiro atoms. The summed E-state index contributed by atoms with van der Waals surface area (Å²) in [5.41, 5.74) is 6.47. The molecule has 0 fully saturated rings. The number of allylic oxidation sites excluding steroid dienone is 2. The van der Waals surface area contributed by atoms with Crippen molar-refractivity contribution in [3.63, 3.8) is 0 Å². The number of hydrazine groups is 1. The van der Waals surface area contributed by atoms with Gasteiger partial charge in [-0.25, -0.2) is 0 Å². The lowest BCUT2D eigenvalue weighted by molar-refractivity contribution is -0.122. The zero-order valence-electron chi connectivity index (χ0n) is 12.5. The van der Waals surface area contributed by atoms with Crippen LogP contribution in [-0.2, 0) is 16.0 Å². The summed E-state index contributed by atoms with van der Waals surface area (Å²) in [6, 6.07) is 9.48. The van der Waals surface area contributed by atoms with E-state index in [1.54, 1.807) is 6.92 Å². The Morgan fingerprint density at radius 2 is 1.70 bits per heavy atom. The maximum atomic E-state index is 11.8. The van der Waals surface area contributed by atoms with Crippen LogP contribution in [0.4, 0.5) is 0 Å². The van der Waals surface area contributed by atoms with Crippen LogP contribution in [0.3, 0.4) is 0 Å². The second-order valence-electron chi connectivity index (χ2n) is 5.78. The first-order valence-corrected chi connectivity index (χ1v) is 6.60. The fraction of sp³-hybridized carbons (Fsp3) is 0.375. The summed E-state index contributed by atoms with van der Waals surface area (Å²) in [4.78, 5) is 23.5. The number of nitrogens with one attached hydrogen (secondary N) is 2. The van der Waals surface area contributed by atoms with Crippen LogP contribution in [-0.4, -0.2) is 11.7 Å². The molecule has 0 aliphatic rings. The van der Waals surface area contributed by atoms with Crippen LogP contribution >= 0.6 is 0 Å². The predicted molar refractivity (Wildman–Crippen MR) is 79.6 cm³/mol. The zero-order valence-corrected chi connectivity index (χ0v) is 12.5. The molecule has 20 heavy (non-hydrogen) atoms. The first-order valence-electron chi connectivity index (χ1n) is 6.60. The first kappa shape index (κ1) is 16.0. The number of hydrogen-bond acceptors (Lipinski definition) is 3. The van der Waals surface area contributed by atoms with E-state index in [-0.39, 0.29) is 11.7 Å². The summed E-state index contributed by atoms with van der Waals surface area (Å²) in [6.45, 7) is 7.31. The van der Waals surface area contributed by atoms with Crippen molar-refractivity contribution in [2.24, 2.45) is 5.41 Å². The van der Waals surface area contributed by atoms with E-state index < -0.39 is 5.41 Å². The van der Waals surface area contributed by atoms with Crippen molar-refractivity contribution in [2.75, 3.05) is 0 Å². The molecule has 1 amide bonds. The van der Waals surface area contributed by atoms with Crippen molar-refractivity contribution in [3.05, 3.63) is 47.7 Å². The molecule has 0 atom stereocenters. The molecule has 0 unspecified atom stereocenters. The number of rotatable bonds is 5. The smallest absolute Gasteiger partial charge is 0.242 e. The van der Waals surface area contributed by atoms with E-state index >= 15 is 0 Å².